The van der Waals surface area contributed by atoms with Crippen molar-refractivity contribution in [3.8, 4) is 0 Å². The number of pyridine rings is 2. The summed E-state index contributed by atoms with van der Waals surface area (Å²) < 4.78 is 1.02. The first-order valence-corrected chi connectivity index (χ1v) is 7.23. The quantitative estimate of drug-likeness (QED) is 0.778. The van der Waals surface area contributed by atoms with Crippen LogP contribution in [0.1, 0.15) is 11.3 Å². The van der Waals surface area contributed by atoms with Crippen molar-refractivity contribution in [2.75, 3.05) is 5.32 Å². The molecule has 2 aromatic heterocycles. The molecule has 0 amide bonds. The number of halogens is 1. The number of nitrogens with zero attached hydrogens (tertiary/aromatic N) is 2. The van der Waals surface area contributed by atoms with Gasteiger partial charge in [0.25, 0.3) is 0 Å². The second-order valence-electron chi connectivity index (χ2n) is 4.61. The molecule has 0 atom stereocenters. The number of fused-ring (bicyclic) bond motifs is 1. The maximum Gasteiger partial charge on any atom is 0.126 e. The van der Waals surface area contributed by atoms with Crippen LogP contribution in [0.3, 0.4) is 0 Å². The predicted octanol–water partition coefficient (Wildman–Crippen LogP) is 4.31. The van der Waals surface area contributed by atoms with Crippen LogP contribution in [0.2, 0.25) is 0 Å². The maximum absolute atomic E-state index is 4.49. The second kappa shape index (κ2) is 5.59. The summed E-state index contributed by atoms with van der Waals surface area (Å²) in [5.41, 5.74) is 3.19. The minimum absolute atomic E-state index is 0.711. The van der Waals surface area contributed by atoms with Gasteiger partial charge in [0, 0.05) is 22.6 Å². The summed E-state index contributed by atoms with van der Waals surface area (Å²) in [6.07, 6.45) is 1.83. The second-order valence-corrected chi connectivity index (χ2v) is 5.46. The molecule has 1 N–H and O–H groups in total. The summed E-state index contributed by atoms with van der Waals surface area (Å²) in [6.45, 7) is 2.69. The topological polar surface area (TPSA) is 37.8 Å². The molecule has 0 aliphatic heterocycles. The van der Waals surface area contributed by atoms with E-state index in [1.54, 1.807) is 0 Å². The molecule has 0 radical (unpaired) electrons. The first-order valence-electron chi connectivity index (χ1n) is 6.44. The zero-order valence-electron chi connectivity index (χ0n) is 11.1. The Morgan fingerprint density at radius 1 is 1.10 bits per heavy atom. The molecule has 20 heavy (non-hydrogen) atoms. The molecule has 0 bridgehead atoms. The van der Waals surface area contributed by atoms with E-state index in [0.717, 1.165) is 26.9 Å². The molecule has 0 spiro atoms. The molecule has 0 unspecified atom stereocenters. The van der Waals surface area contributed by atoms with Crippen LogP contribution >= 0.6 is 15.9 Å². The first kappa shape index (κ1) is 13.1. The lowest BCUT2D eigenvalue weighted by atomic mass is 10.1. The summed E-state index contributed by atoms with van der Waals surface area (Å²) in [5.74, 6) is 0.874. The number of nitrogens with one attached hydrogen (secondary N) is 1. The number of hydrogen-bond donors (Lipinski definition) is 1. The molecule has 3 nitrogen and oxygen atoms in total. The summed E-state index contributed by atoms with van der Waals surface area (Å²) in [7, 11) is 0. The van der Waals surface area contributed by atoms with Gasteiger partial charge in [-0.2, -0.15) is 0 Å². The van der Waals surface area contributed by atoms with Gasteiger partial charge in [0.15, 0.2) is 0 Å². The van der Waals surface area contributed by atoms with Gasteiger partial charge in [-0.3, -0.25) is 4.98 Å². The number of aromatic nitrogens is 2. The maximum atomic E-state index is 4.49. The molecular weight excluding hydrogens is 314 g/mol. The minimum atomic E-state index is 0.711. The average Bonchev–Trinajstić information content (AvgIpc) is 2.48. The fraction of sp³-hybridized carbons (Fsp3) is 0.125. The van der Waals surface area contributed by atoms with E-state index in [2.05, 4.69) is 55.5 Å². The van der Waals surface area contributed by atoms with Gasteiger partial charge in [0.2, 0.25) is 0 Å². The van der Waals surface area contributed by atoms with E-state index in [4.69, 9.17) is 0 Å². The highest BCUT2D eigenvalue weighted by atomic mass is 79.9. The Morgan fingerprint density at radius 2 is 1.95 bits per heavy atom. The third kappa shape index (κ3) is 2.65. The summed E-state index contributed by atoms with van der Waals surface area (Å²) in [6, 6.07) is 14.2. The van der Waals surface area contributed by atoms with Gasteiger partial charge in [0.1, 0.15) is 5.82 Å². The molecule has 2 heterocycles. The van der Waals surface area contributed by atoms with Gasteiger partial charge < -0.3 is 5.32 Å². The lowest BCUT2D eigenvalue weighted by molar-refractivity contribution is 1.09. The largest absolute Gasteiger partial charge is 0.366 e. The van der Waals surface area contributed by atoms with Crippen molar-refractivity contribution in [2.24, 2.45) is 0 Å². The highest BCUT2D eigenvalue weighted by molar-refractivity contribution is 9.10. The highest BCUT2D eigenvalue weighted by Gasteiger charge is 2.03. The van der Waals surface area contributed by atoms with Crippen LogP contribution in [-0.4, -0.2) is 9.97 Å². The number of aryl methyl sites for hydroxylation is 1. The SMILES string of the molecule is Cc1nc(NCc2cccc3cccnc23)ccc1Br. The lowest BCUT2D eigenvalue weighted by Crippen LogP contribution is -2.03. The van der Waals surface area contributed by atoms with E-state index in [-0.39, 0.29) is 0 Å². The average molecular weight is 328 g/mol. The summed E-state index contributed by atoms with van der Waals surface area (Å²) in [4.78, 5) is 8.95. The van der Waals surface area contributed by atoms with Crippen molar-refractivity contribution in [2.45, 2.75) is 13.5 Å². The minimum Gasteiger partial charge on any atom is -0.366 e. The smallest absolute Gasteiger partial charge is 0.126 e. The number of hydrogen-bond acceptors (Lipinski definition) is 3. The van der Waals surface area contributed by atoms with Crippen LogP contribution in [0.25, 0.3) is 10.9 Å². The normalized spacial score (nSPS) is 10.7. The van der Waals surface area contributed by atoms with Crippen molar-refractivity contribution < 1.29 is 0 Å². The van der Waals surface area contributed by atoms with Gasteiger partial charge in [-0.05, 0) is 46.6 Å². The predicted molar refractivity (Wildman–Crippen MR) is 85.7 cm³/mol. The van der Waals surface area contributed by atoms with Crippen molar-refractivity contribution >= 4 is 32.7 Å². The van der Waals surface area contributed by atoms with Crippen LogP contribution < -0.4 is 5.32 Å². The molecule has 3 rings (SSSR count). The van der Waals surface area contributed by atoms with E-state index in [9.17, 15) is 0 Å². The van der Waals surface area contributed by atoms with Crippen LogP contribution in [0.4, 0.5) is 5.82 Å². The Bertz CT molecular complexity index is 750. The first-order chi connectivity index (χ1) is 9.74. The van der Waals surface area contributed by atoms with E-state index < -0.39 is 0 Å². The molecular formula is C16H14BrN3. The summed E-state index contributed by atoms with van der Waals surface area (Å²) in [5, 5.41) is 4.51. The van der Waals surface area contributed by atoms with Gasteiger partial charge in [-0.1, -0.05) is 24.3 Å². The van der Waals surface area contributed by atoms with E-state index in [1.165, 1.54) is 5.56 Å². The van der Waals surface area contributed by atoms with Gasteiger partial charge in [0.05, 0.1) is 11.2 Å². The van der Waals surface area contributed by atoms with Crippen molar-refractivity contribution in [3.63, 3.8) is 0 Å². The molecule has 0 saturated heterocycles. The third-order valence-corrected chi connectivity index (χ3v) is 4.04. The van der Waals surface area contributed by atoms with Crippen LogP contribution in [0, 0.1) is 6.92 Å². The Kier molecular flexibility index (Phi) is 3.65. The molecule has 0 aliphatic carbocycles. The van der Waals surface area contributed by atoms with Gasteiger partial charge in [-0.25, -0.2) is 4.98 Å². The molecule has 3 aromatic rings. The standard InChI is InChI=1S/C16H14BrN3/c1-11-14(17)7-8-15(20-11)19-10-13-5-2-4-12-6-3-9-18-16(12)13/h2-9H,10H2,1H3,(H,19,20). The molecule has 0 aliphatic rings. The monoisotopic (exact) mass is 327 g/mol. The Labute approximate surface area is 126 Å². The number of rotatable bonds is 3. The van der Waals surface area contributed by atoms with Crippen molar-refractivity contribution in [3.05, 3.63) is 64.4 Å². The van der Waals surface area contributed by atoms with E-state index in [0.29, 0.717) is 6.54 Å². The summed E-state index contributed by atoms with van der Waals surface area (Å²) >= 11 is 3.46. The zero-order valence-corrected chi connectivity index (χ0v) is 12.7. The fourth-order valence-electron chi connectivity index (χ4n) is 2.14. The van der Waals surface area contributed by atoms with E-state index in [1.807, 2.05) is 31.3 Å². The van der Waals surface area contributed by atoms with Crippen LogP contribution in [0.15, 0.2) is 53.1 Å². The lowest BCUT2D eigenvalue weighted by Gasteiger charge is -2.09. The number of anilines is 1. The van der Waals surface area contributed by atoms with Crippen LogP contribution in [-0.2, 0) is 6.54 Å². The zero-order chi connectivity index (χ0) is 13.9. The molecule has 100 valence electrons. The Hall–Kier alpha value is -1.94. The molecule has 0 saturated carbocycles. The number of para-hydroxylation sites is 1. The van der Waals surface area contributed by atoms with Crippen LogP contribution in [0.5, 0.6) is 0 Å². The van der Waals surface area contributed by atoms with Crippen molar-refractivity contribution in [1.29, 1.82) is 0 Å². The highest BCUT2D eigenvalue weighted by Crippen LogP contribution is 2.19. The molecule has 4 heteroatoms. The number of benzene rings is 1. The molecule has 1 aromatic carbocycles. The van der Waals surface area contributed by atoms with Gasteiger partial charge >= 0.3 is 0 Å². The Balaban J connectivity index is 1.85. The third-order valence-electron chi connectivity index (χ3n) is 3.20. The Morgan fingerprint density at radius 3 is 2.80 bits per heavy atom. The van der Waals surface area contributed by atoms with Gasteiger partial charge in [-0.15, -0.1) is 0 Å². The van der Waals surface area contributed by atoms with E-state index >= 15 is 0 Å². The van der Waals surface area contributed by atoms with Crippen molar-refractivity contribution in [1.82, 2.24) is 9.97 Å². The fourth-order valence-corrected chi connectivity index (χ4v) is 2.36. The molecule has 0 fully saturated rings.